The van der Waals surface area contributed by atoms with Crippen molar-refractivity contribution >= 4 is 9.84 Å². The maximum absolute atomic E-state index is 12.2. The van der Waals surface area contributed by atoms with E-state index >= 15 is 0 Å². The smallest absolute Gasteiger partial charge is 0.189 e. The third kappa shape index (κ3) is 1.47. The van der Waals surface area contributed by atoms with Gasteiger partial charge in [-0.15, -0.1) is 0 Å². The molecule has 1 aromatic carbocycles. The molecule has 2 rings (SSSR count). The van der Waals surface area contributed by atoms with Crippen molar-refractivity contribution < 1.29 is 13.2 Å². The summed E-state index contributed by atoms with van der Waals surface area (Å²) in [5.41, 5.74) is 5.53. The van der Waals surface area contributed by atoms with Crippen LogP contribution in [0.5, 0.6) is 0 Å². The van der Waals surface area contributed by atoms with E-state index < -0.39 is 14.6 Å². The van der Waals surface area contributed by atoms with E-state index in [4.69, 9.17) is 10.5 Å². The van der Waals surface area contributed by atoms with Gasteiger partial charge in [0, 0.05) is 6.54 Å². The fourth-order valence-corrected chi connectivity index (χ4v) is 3.27. The lowest BCUT2D eigenvalue weighted by Gasteiger charge is -2.39. The summed E-state index contributed by atoms with van der Waals surface area (Å²) in [5.74, 6) is 0. The highest BCUT2D eigenvalue weighted by Gasteiger charge is 2.50. The Morgan fingerprint density at radius 2 is 1.87 bits per heavy atom. The molecular formula is C10H13NO3S. The summed E-state index contributed by atoms with van der Waals surface area (Å²) in [6.07, 6.45) is 0. The first kappa shape index (κ1) is 10.6. The standard InChI is InChI=1S/C10H13NO3S/c11-6-10(7-14-8-10)15(12,13)9-4-2-1-3-5-9/h1-5H,6-8,11H2. The molecule has 0 bridgehead atoms. The minimum absolute atomic E-state index is 0.101. The van der Waals surface area contributed by atoms with Crippen LogP contribution in [0, 0.1) is 0 Å². The van der Waals surface area contributed by atoms with Crippen LogP contribution in [0.1, 0.15) is 0 Å². The van der Waals surface area contributed by atoms with Crippen LogP contribution in [-0.4, -0.2) is 32.9 Å². The fraction of sp³-hybridized carbons (Fsp3) is 0.400. The first-order valence-corrected chi connectivity index (χ1v) is 6.18. The molecule has 1 heterocycles. The number of nitrogens with two attached hydrogens (primary N) is 1. The van der Waals surface area contributed by atoms with E-state index in [1.807, 2.05) is 0 Å². The molecule has 0 spiro atoms. The van der Waals surface area contributed by atoms with E-state index in [0.717, 1.165) is 0 Å². The third-order valence-electron chi connectivity index (χ3n) is 2.73. The summed E-state index contributed by atoms with van der Waals surface area (Å²) in [4.78, 5) is 0.318. The molecule has 0 aliphatic carbocycles. The van der Waals surface area contributed by atoms with Crippen molar-refractivity contribution in [2.45, 2.75) is 9.64 Å². The molecule has 0 radical (unpaired) electrons. The van der Waals surface area contributed by atoms with Crippen molar-refractivity contribution in [1.82, 2.24) is 0 Å². The Hall–Kier alpha value is -0.910. The van der Waals surface area contributed by atoms with Gasteiger partial charge in [-0.1, -0.05) is 18.2 Å². The molecule has 0 saturated carbocycles. The molecule has 0 amide bonds. The highest BCUT2D eigenvalue weighted by atomic mass is 32.2. The molecule has 1 aliphatic heterocycles. The van der Waals surface area contributed by atoms with Crippen LogP contribution in [0.15, 0.2) is 35.2 Å². The largest absolute Gasteiger partial charge is 0.378 e. The lowest BCUT2D eigenvalue weighted by atomic mass is 10.1. The maximum Gasteiger partial charge on any atom is 0.189 e. The van der Waals surface area contributed by atoms with Gasteiger partial charge in [-0.2, -0.15) is 0 Å². The summed E-state index contributed by atoms with van der Waals surface area (Å²) < 4.78 is 28.5. The lowest BCUT2D eigenvalue weighted by Crippen LogP contribution is -2.60. The van der Waals surface area contributed by atoms with Crippen LogP contribution >= 0.6 is 0 Å². The van der Waals surface area contributed by atoms with Gasteiger partial charge in [0.25, 0.3) is 0 Å². The Balaban J connectivity index is 2.44. The number of sulfone groups is 1. The highest BCUT2D eigenvalue weighted by molar-refractivity contribution is 7.93. The van der Waals surface area contributed by atoms with Gasteiger partial charge in [-0.3, -0.25) is 0 Å². The van der Waals surface area contributed by atoms with Gasteiger partial charge >= 0.3 is 0 Å². The summed E-state index contributed by atoms with van der Waals surface area (Å²) in [6.45, 7) is 0.492. The Bertz CT molecular complexity index is 431. The van der Waals surface area contributed by atoms with Gasteiger partial charge in [0.1, 0.15) is 4.75 Å². The third-order valence-corrected chi connectivity index (χ3v) is 5.16. The van der Waals surface area contributed by atoms with Crippen molar-refractivity contribution in [1.29, 1.82) is 0 Å². The molecule has 1 aromatic rings. The van der Waals surface area contributed by atoms with E-state index in [-0.39, 0.29) is 19.8 Å². The molecule has 0 unspecified atom stereocenters. The molecule has 5 heteroatoms. The zero-order valence-corrected chi connectivity index (χ0v) is 9.03. The zero-order valence-electron chi connectivity index (χ0n) is 8.22. The van der Waals surface area contributed by atoms with E-state index in [1.165, 1.54) is 0 Å². The summed E-state index contributed by atoms with van der Waals surface area (Å²) in [5, 5.41) is 0. The van der Waals surface area contributed by atoms with Crippen molar-refractivity contribution in [3.63, 3.8) is 0 Å². The number of rotatable bonds is 3. The van der Waals surface area contributed by atoms with Crippen LogP contribution in [0.4, 0.5) is 0 Å². The molecule has 1 fully saturated rings. The van der Waals surface area contributed by atoms with E-state index in [2.05, 4.69) is 0 Å². The molecule has 2 N–H and O–H groups in total. The molecule has 4 nitrogen and oxygen atoms in total. The van der Waals surface area contributed by atoms with Gasteiger partial charge in [0.2, 0.25) is 0 Å². The molecular weight excluding hydrogens is 214 g/mol. The molecule has 1 aliphatic rings. The number of hydrogen-bond acceptors (Lipinski definition) is 4. The summed E-state index contributed by atoms with van der Waals surface area (Å²) >= 11 is 0. The normalized spacial score (nSPS) is 19.5. The van der Waals surface area contributed by atoms with Crippen molar-refractivity contribution in [2.75, 3.05) is 19.8 Å². The summed E-state index contributed by atoms with van der Waals surface area (Å²) in [6, 6.07) is 8.37. The first-order valence-electron chi connectivity index (χ1n) is 4.70. The van der Waals surface area contributed by atoms with Crippen LogP contribution in [0.2, 0.25) is 0 Å². The van der Waals surface area contributed by atoms with Gasteiger partial charge in [-0.25, -0.2) is 8.42 Å². The average molecular weight is 227 g/mol. The topological polar surface area (TPSA) is 69.4 Å². The summed E-state index contributed by atoms with van der Waals surface area (Å²) in [7, 11) is -3.36. The minimum atomic E-state index is -3.36. The second-order valence-corrected chi connectivity index (χ2v) is 6.04. The first-order chi connectivity index (χ1) is 7.12. The average Bonchev–Trinajstić information content (AvgIpc) is 2.18. The van der Waals surface area contributed by atoms with E-state index in [0.29, 0.717) is 4.90 Å². The van der Waals surface area contributed by atoms with Crippen LogP contribution in [0.25, 0.3) is 0 Å². The Kier molecular flexibility index (Phi) is 2.54. The van der Waals surface area contributed by atoms with Crippen molar-refractivity contribution in [3.05, 3.63) is 30.3 Å². The molecule has 0 aromatic heterocycles. The van der Waals surface area contributed by atoms with Crippen molar-refractivity contribution in [2.24, 2.45) is 5.73 Å². The second kappa shape index (κ2) is 3.59. The lowest BCUT2D eigenvalue weighted by molar-refractivity contribution is -0.00924. The number of ether oxygens (including phenoxy) is 1. The fourth-order valence-electron chi connectivity index (χ4n) is 1.56. The van der Waals surface area contributed by atoms with Crippen LogP contribution < -0.4 is 5.73 Å². The number of hydrogen-bond donors (Lipinski definition) is 1. The van der Waals surface area contributed by atoms with Gasteiger partial charge in [-0.05, 0) is 12.1 Å². The van der Waals surface area contributed by atoms with Crippen molar-refractivity contribution in [3.8, 4) is 0 Å². The second-order valence-electron chi connectivity index (χ2n) is 3.70. The van der Waals surface area contributed by atoms with Gasteiger partial charge in [0.05, 0.1) is 18.1 Å². The maximum atomic E-state index is 12.2. The van der Waals surface area contributed by atoms with Gasteiger partial charge in [0.15, 0.2) is 9.84 Å². The molecule has 82 valence electrons. The van der Waals surface area contributed by atoms with Crippen LogP contribution in [-0.2, 0) is 14.6 Å². The molecule has 1 saturated heterocycles. The predicted octanol–water partition coefficient (Wildman–Crippen LogP) is 0.188. The molecule has 0 atom stereocenters. The van der Waals surface area contributed by atoms with E-state index in [1.54, 1.807) is 30.3 Å². The number of benzene rings is 1. The minimum Gasteiger partial charge on any atom is -0.378 e. The highest BCUT2D eigenvalue weighted by Crippen LogP contribution is 2.31. The Morgan fingerprint density at radius 3 is 2.27 bits per heavy atom. The molecule has 15 heavy (non-hydrogen) atoms. The predicted molar refractivity (Wildman–Crippen MR) is 56.2 cm³/mol. The monoisotopic (exact) mass is 227 g/mol. The van der Waals surface area contributed by atoms with Crippen LogP contribution in [0.3, 0.4) is 0 Å². The quantitative estimate of drug-likeness (QED) is 0.800. The Labute approximate surface area is 89.0 Å². The zero-order chi connectivity index (χ0) is 10.9. The SMILES string of the molecule is NCC1(S(=O)(=O)c2ccccc2)COC1. The Morgan fingerprint density at radius 1 is 1.27 bits per heavy atom. The van der Waals surface area contributed by atoms with E-state index in [9.17, 15) is 8.42 Å². The van der Waals surface area contributed by atoms with Gasteiger partial charge < -0.3 is 10.5 Å².